The Morgan fingerprint density at radius 2 is 2.06 bits per heavy atom. The van der Waals surface area contributed by atoms with E-state index in [1.807, 2.05) is 4.90 Å². The molecule has 0 aliphatic carbocycles. The standard InChI is InChI=1S/C12H25IN2O/c1-4-8-15(12(16)6-7-13)10(3)11(5-2)9-14/h10-11H,4-9,14H2,1-3H3/t10?,11-/m0/s1. The van der Waals surface area contributed by atoms with Crippen LogP contribution in [0.3, 0.4) is 0 Å². The monoisotopic (exact) mass is 340 g/mol. The second kappa shape index (κ2) is 9.22. The van der Waals surface area contributed by atoms with Gasteiger partial charge in [-0.3, -0.25) is 4.79 Å². The van der Waals surface area contributed by atoms with Crippen LogP contribution in [0, 0.1) is 5.92 Å². The molecule has 96 valence electrons. The largest absolute Gasteiger partial charge is 0.340 e. The molecular formula is C12H25IN2O. The predicted octanol–water partition coefficient (Wildman–Crippen LogP) is 2.42. The Hall–Kier alpha value is 0.160. The second-order valence-corrected chi connectivity index (χ2v) is 5.25. The topological polar surface area (TPSA) is 46.3 Å². The summed E-state index contributed by atoms with van der Waals surface area (Å²) >= 11 is 2.25. The van der Waals surface area contributed by atoms with Gasteiger partial charge in [-0.05, 0) is 25.8 Å². The Morgan fingerprint density at radius 3 is 2.44 bits per heavy atom. The number of amides is 1. The number of nitrogens with two attached hydrogens (primary N) is 1. The quantitative estimate of drug-likeness (QED) is 0.545. The maximum atomic E-state index is 12.0. The molecule has 0 aliphatic rings. The van der Waals surface area contributed by atoms with Gasteiger partial charge in [0.1, 0.15) is 0 Å². The normalized spacial score (nSPS) is 14.6. The zero-order chi connectivity index (χ0) is 12.6. The number of rotatable bonds is 8. The summed E-state index contributed by atoms with van der Waals surface area (Å²) in [5.41, 5.74) is 5.75. The lowest BCUT2D eigenvalue weighted by Crippen LogP contribution is -2.45. The summed E-state index contributed by atoms with van der Waals surface area (Å²) in [5.74, 6) is 0.695. The van der Waals surface area contributed by atoms with Crippen LogP contribution in [0.5, 0.6) is 0 Å². The fraction of sp³-hybridized carbons (Fsp3) is 0.917. The number of hydrogen-bond acceptors (Lipinski definition) is 2. The molecule has 2 N–H and O–H groups in total. The zero-order valence-corrected chi connectivity index (χ0v) is 12.9. The van der Waals surface area contributed by atoms with E-state index in [0.717, 1.165) is 23.8 Å². The SMILES string of the molecule is CCCN(C(=O)CCI)C(C)[C@@H](CC)CN. The first kappa shape index (κ1) is 16.2. The summed E-state index contributed by atoms with van der Waals surface area (Å²) in [7, 11) is 0. The molecule has 1 unspecified atom stereocenters. The van der Waals surface area contributed by atoms with E-state index in [4.69, 9.17) is 5.73 Å². The summed E-state index contributed by atoms with van der Waals surface area (Å²) in [6.45, 7) is 7.89. The van der Waals surface area contributed by atoms with Crippen LogP contribution in [-0.2, 0) is 4.79 Å². The summed E-state index contributed by atoms with van der Waals surface area (Å²) in [4.78, 5) is 14.0. The first-order valence-electron chi connectivity index (χ1n) is 6.17. The molecule has 0 saturated heterocycles. The molecule has 0 aromatic heterocycles. The molecule has 0 heterocycles. The van der Waals surface area contributed by atoms with E-state index in [2.05, 4.69) is 43.4 Å². The average Bonchev–Trinajstić information content (AvgIpc) is 2.27. The smallest absolute Gasteiger partial charge is 0.223 e. The van der Waals surface area contributed by atoms with Gasteiger partial charge >= 0.3 is 0 Å². The van der Waals surface area contributed by atoms with Crippen LogP contribution in [-0.4, -0.2) is 34.4 Å². The van der Waals surface area contributed by atoms with Gasteiger partial charge < -0.3 is 10.6 Å². The van der Waals surface area contributed by atoms with E-state index in [1.165, 1.54) is 0 Å². The molecular weight excluding hydrogens is 315 g/mol. The van der Waals surface area contributed by atoms with Crippen molar-refractivity contribution in [1.29, 1.82) is 0 Å². The fourth-order valence-corrected chi connectivity index (χ4v) is 2.44. The third-order valence-corrected chi connectivity index (χ3v) is 3.63. The number of carbonyl (C=O) groups excluding carboxylic acids is 1. The van der Waals surface area contributed by atoms with Gasteiger partial charge in [0.15, 0.2) is 0 Å². The molecule has 0 saturated carbocycles. The van der Waals surface area contributed by atoms with Gasteiger partial charge in [-0.25, -0.2) is 0 Å². The highest BCUT2D eigenvalue weighted by Crippen LogP contribution is 2.15. The Kier molecular flexibility index (Phi) is 9.31. The summed E-state index contributed by atoms with van der Waals surface area (Å²) in [5, 5.41) is 0. The Bertz CT molecular complexity index is 195. The molecule has 2 atom stereocenters. The van der Waals surface area contributed by atoms with Gasteiger partial charge in [-0.15, -0.1) is 0 Å². The lowest BCUT2D eigenvalue weighted by Gasteiger charge is -2.34. The van der Waals surface area contributed by atoms with Crippen LogP contribution in [0.1, 0.15) is 40.0 Å². The molecule has 4 heteroatoms. The van der Waals surface area contributed by atoms with Crippen LogP contribution in [0.2, 0.25) is 0 Å². The van der Waals surface area contributed by atoms with E-state index in [1.54, 1.807) is 0 Å². The predicted molar refractivity (Wildman–Crippen MR) is 77.8 cm³/mol. The molecule has 0 rings (SSSR count). The molecule has 1 amide bonds. The van der Waals surface area contributed by atoms with Gasteiger partial charge in [0.2, 0.25) is 5.91 Å². The van der Waals surface area contributed by atoms with Crippen LogP contribution >= 0.6 is 22.6 Å². The van der Waals surface area contributed by atoms with Gasteiger partial charge in [0, 0.05) is 23.4 Å². The highest BCUT2D eigenvalue weighted by molar-refractivity contribution is 14.1. The highest BCUT2D eigenvalue weighted by atomic mass is 127. The van der Waals surface area contributed by atoms with Crippen molar-refractivity contribution in [3.63, 3.8) is 0 Å². The maximum Gasteiger partial charge on any atom is 0.223 e. The first-order chi connectivity index (χ1) is 7.62. The van der Waals surface area contributed by atoms with E-state index in [-0.39, 0.29) is 11.9 Å². The minimum atomic E-state index is 0.269. The van der Waals surface area contributed by atoms with Gasteiger partial charge in [0.05, 0.1) is 0 Å². The summed E-state index contributed by atoms with van der Waals surface area (Å²) in [6, 6.07) is 0.269. The summed E-state index contributed by atoms with van der Waals surface area (Å²) < 4.78 is 0.892. The Balaban J connectivity index is 4.55. The number of hydrogen-bond donors (Lipinski definition) is 1. The Morgan fingerprint density at radius 1 is 1.44 bits per heavy atom. The van der Waals surface area contributed by atoms with Crippen LogP contribution in [0.4, 0.5) is 0 Å². The number of nitrogens with zero attached hydrogens (tertiary/aromatic N) is 1. The molecule has 3 nitrogen and oxygen atoms in total. The molecule has 0 fully saturated rings. The van der Waals surface area contributed by atoms with E-state index in [9.17, 15) is 4.79 Å². The first-order valence-corrected chi connectivity index (χ1v) is 7.70. The highest BCUT2D eigenvalue weighted by Gasteiger charge is 2.24. The van der Waals surface area contributed by atoms with Crippen molar-refractivity contribution >= 4 is 28.5 Å². The third-order valence-electron chi connectivity index (χ3n) is 3.09. The maximum absolute atomic E-state index is 12.0. The molecule has 0 aliphatic heterocycles. The summed E-state index contributed by atoms with van der Waals surface area (Å²) in [6.07, 6.45) is 2.69. The van der Waals surface area contributed by atoms with E-state index < -0.39 is 0 Å². The number of carbonyl (C=O) groups is 1. The molecule has 16 heavy (non-hydrogen) atoms. The average molecular weight is 340 g/mol. The minimum Gasteiger partial charge on any atom is -0.340 e. The van der Waals surface area contributed by atoms with Gasteiger partial charge in [0.25, 0.3) is 0 Å². The van der Waals surface area contributed by atoms with Crippen LogP contribution in [0.15, 0.2) is 0 Å². The van der Waals surface area contributed by atoms with Crippen molar-refractivity contribution in [2.75, 3.05) is 17.5 Å². The lowest BCUT2D eigenvalue weighted by molar-refractivity contribution is -0.133. The zero-order valence-electron chi connectivity index (χ0n) is 10.7. The molecule has 0 aromatic rings. The van der Waals surface area contributed by atoms with Crippen molar-refractivity contribution < 1.29 is 4.79 Å². The fourth-order valence-electron chi connectivity index (χ4n) is 1.98. The van der Waals surface area contributed by atoms with Gasteiger partial charge in [-0.1, -0.05) is 42.9 Å². The number of halogens is 1. The second-order valence-electron chi connectivity index (χ2n) is 4.17. The lowest BCUT2D eigenvalue weighted by atomic mass is 9.96. The molecule has 0 aromatic carbocycles. The van der Waals surface area contributed by atoms with Crippen molar-refractivity contribution in [1.82, 2.24) is 4.90 Å². The van der Waals surface area contributed by atoms with Crippen molar-refractivity contribution in [3.05, 3.63) is 0 Å². The molecule has 0 spiro atoms. The molecule has 0 bridgehead atoms. The van der Waals surface area contributed by atoms with E-state index in [0.29, 0.717) is 18.9 Å². The van der Waals surface area contributed by atoms with E-state index >= 15 is 0 Å². The third kappa shape index (κ3) is 4.99. The molecule has 0 radical (unpaired) electrons. The van der Waals surface area contributed by atoms with Crippen LogP contribution < -0.4 is 5.73 Å². The Labute approximate surface area is 113 Å². The van der Waals surface area contributed by atoms with Gasteiger partial charge in [-0.2, -0.15) is 0 Å². The van der Waals surface area contributed by atoms with Crippen molar-refractivity contribution in [2.24, 2.45) is 11.7 Å². The van der Waals surface area contributed by atoms with Crippen molar-refractivity contribution in [2.45, 2.75) is 46.1 Å². The minimum absolute atomic E-state index is 0.269. The van der Waals surface area contributed by atoms with Crippen molar-refractivity contribution in [3.8, 4) is 0 Å². The van der Waals surface area contributed by atoms with Crippen LogP contribution in [0.25, 0.3) is 0 Å². The number of alkyl halides is 1.